The first-order valence-corrected chi connectivity index (χ1v) is 15.1. The molecule has 2 aromatic rings. The average molecular weight is 532 g/mol. The first kappa shape index (κ1) is 27.7. The maximum Gasteiger partial charge on any atom is 0.249 e. The molecule has 1 saturated carbocycles. The van der Waals surface area contributed by atoms with Crippen molar-refractivity contribution in [3.63, 3.8) is 0 Å². The third kappa shape index (κ3) is 6.16. The van der Waals surface area contributed by atoms with Gasteiger partial charge in [-0.25, -0.2) is 0 Å². The lowest BCUT2D eigenvalue weighted by atomic mass is 9.78. The topological polar surface area (TPSA) is 53.1 Å². The van der Waals surface area contributed by atoms with Gasteiger partial charge in [-0.3, -0.25) is 14.5 Å². The number of para-hydroxylation sites is 1. The van der Waals surface area contributed by atoms with Crippen LogP contribution < -0.4 is 4.74 Å². The van der Waals surface area contributed by atoms with Crippen molar-refractivity contribution in [2.75, 3.05) is 26.7 Å². The molecule has 1 spiro atoms. The second kappa shape index (κ2) is 12.5. The van der Waals surface area contributed by atoms with Gasteiger partial charge in [-0.05, 0) is 61.4 Å². The van der Waals surface area contributed by atoms with Crippen LogP contribution in [0.4, 0.5) is 0 Å². The second-order valence-corrected chi connectivity index (χ2v) is 11.9. The first-order valence-electron chi connectivity index (χ1n) is 15.1. The molecule has 6 heteroatoms. The number of piperazine rings is 1. The Morgan fingerprint density at radius 1 is 0.897 bits per heavy atom. The van der Waals surface area contributed by atoms with E-state index in [-0.39, 0.29) is 17.9 Å². The summed E-state index contributed by atoms with van der Waals surface area (Å²) in [5.74, 6) is 2.58. The molecule has 2 aliphatic heterocycles. The maximum absolute atomic E-state index is 14.0. The number of hydrogen-bond donors (Lipinski definition) is 0. The van der Waals surface area contributed by atoms with Crippen LogP contribution in [-0.2, 0) is 16.1 Å². The minimum atomic E-state index is -0.687. The van der Waals surface area contributed by atoms with Crippen molar-refractivity contribution in [2.24, 2.45) is 5.92 Å². The Kier molecular flexibility index (Phi) is 8.91. The van der Waals surface area contributed by atoms with Crippen molar-refractivity contribution in [3.05, 3.63) is 60.2 Å². The van der Waals surface area contributed by atoms with E-state index in [0.29, 0.717) is 25.3 Å². The van der Waals surface area contributed by atoms with Gasteiger partial charge in [0.1, 0.15) is 23.1 Å². The summed E-state index contributed by atoms with van der Waals surface area (Å²) >= 11 is 0. The van der Waals surface area contributed by atoms with Crippen molar-refractivity contribution in [1.82, 2.24) is 14.7 Å². The molecule has 0 N–H and O–H groups in total. The van der Waals surface area contributed by atoms with Gasteiger partial charge in [0, 0.05) is 33.2 Å². The van der Waals surface area contributed by atoms with Gasteiger partial charge in [-0.1, -0.05) is 75.8 Å². The van der Waals surface area contributed by atoms with Gasteiger partial charge in [0.15, 0.2) is 0 Å². The fraction of sp³-hybridized carbons (Fsp3) is 0.576. The molecular formula is C33H45N3O3. The van der Waals surface area contributed by atoms with E-state index in [1.807, 2.05) is 59.3 Å². The summed E-state index contributed by atoms with van der Waals surface area (Å²) in [7, 11) is 1.89. The van der Waals surface area contributed by atoms with Gasteiger partial charge in [0.25, 0.3) is 0 Å². The molecule has 0 radical (unpaired) electrons. The van der Waals surface area contributed by atoms with E-state index in [9.17, 15) is 9.59 Å². The number of piperidine rings is 1. The summed E-state index contributed by atoms with van der Waals surface area (Å²) < 4.78 is 5.94. The third-order valence-corrected chi connectivity index (χ3v) is 9.26. The molecule has 0 bridgehead atoms. The molecule has 1 atom stereocenters. The van der Waals surface area contributed by atoms with Crippen LogP contribution in [0.3, 0.4) is 0 Å². The number of likely N-dealkylation sites (tertiary alicyclic amines) is 1. The number of amides is 2. The predicted molar refractivity (Wildman–Crippen MR) is 155 cm³/mol. The molecule has 2 heterocycles. The van der Waals surface area contributed by atoms with Crippen LogP contribution >= 0.6 is 0 Å². The Balaban J connectivity index is 1.23. The summed E-state index contributed by atoms with van der Waals surface area (Å²) in [4.78, 5) is 34.3. The molecule has 5 rings (SSSR count). The number of ether oxygens (including phenoxy) is 1. The Hall–Kier alpha value is -2.86. The van der Waals surface area contributed by atoms with Crippen molar-refractivity contribution in [1.29, 1.82) is 0 Å². The molecule has 39 heavy (non-hydrogen) atoms. The van der Waals surface area contributed by atoms with Crippen molar-refractivity contribution < 1.29 is 14.3 Å². The SMILES string of the molecule is CCCCN1C(=O)C(CC2CCCCC2)N(C)C(=O)C12CCN(Cc1ccc(Oc3ccccc3)cc1)CC2. The Labute approximate surface area is 234 Å². The lowest BCUT2D eigenvalue weighted by Crippen LogP contribution is -2.73. The number of rotatable bonds is 9. The fourth-order valence-corrected chi connectivity index (χ4v) is 6.89. The summed E-state index contributed by atoms with van der Waals surface area (Å²) in [6.07, 6.45) is 10.4. The van der Waals surface area contributed by atoms with E-state index in [0.717, 1.165) is 50.4 Å². The van der Waals surface area contributed by atoms with Crippen LogP contribution in [0, 0.1) is 5.92 Å². The number of likely N-dealkylation sites (N-methyl/N-ethyl adjacent to an activating group) is 1. The summed E-state index contributed by atoms with van der Waals surface area (Å²) in [6.45, 7) is 5.31. The summed E-state index contributed by atoms with van der Waals surface area (Å²) in [6, 6.07) is 17.8. The van der Waals surface area contributed by atoms with Crippen LogP contribution in [0.5, 0.6) is 11.5 Å². The molecule has 2 amide bonds. The molecule has 3 fully saturated rings. The number of nitrogens with zero attached hydrogens (tertiary/aromatic N) is 3. The van der Waals surface area contributed by atoms with Gasteiger partial charge >= 0.3 is 0 Å². The lowest BCUT2D eigenvalue weighted by Gasteiger charge is -2.54. The largest absolute Gasteiger partial charge is 0.457 e. The normalized spacial score (nSPS) is 22.5. The fourth-order valence-electron chi connectivity index (χ4n) is 6.89. The van der Waals surface area contributed by atoms with E-state index in [2.05, 4.69) is 24.0 Å². The zero-order valence-electron chi connectivity index (χ0n) is 23.8. The summed E-state index contributed by atoms with van der Waals surface area (Å²) in [5.41, 5.74) is 0.540. The van der Waals surface area contributed by atoms with Gasteiger partial charge in [0.05, 0.1) is 0 Å². The van der Waals surface area contributed by atoms with E-state index in [1.54, 1.807) is 0 Å². The molecule has 1 unspecified atom stereocenters. The number of benzene rings is 2. The van der Waals surface area contributed by atoms with Crippen LogP contribution in [0.25, 0.3) is 0 Å². The van der Waals surface area contributed by atoms with Crippen LogP contribution in [0.15, 0.2) is 54.6 Å². The molecule has 6 nitrogen and oxygen atoms in total. The van der Waals surface area contributed by atoms with E-state index in [1.165, 1.54) is 37.7 Å². The first-order chi connectivity index (χ1) is 19.0. The molecule has 2 aromatic carbocycles. The van der Waals surface area contributed by atoms with Crippen molar-refractivity contribution in [2.45, 2.75) is 89.3 Å². The Bertz CT molecular complexity index is 1090. The van der Waals surface area contributed by atoms with Crippen LogP contribution in [-0.4, -0.2) is 64.8 Å². The van der Waals surface area contributed by atoms with E-state index in [4.69, 9.17) is 4.74 Å². The standard InChI is InChI=1S/C33H45N3O3/c1-3-4-21-36-31(37)30(24-26-11-7-5-8-12-26)34(2)32(38)33(36)19-22-35(23-20-33)25-27-15-17-29(18-16-27)39-28-13-9-6-10-14-28/h6,9-10,13-18,26,30H,3-5,7-8,11-12,19-25H2,1-2H3. The third-order valence-electron chi connectivity index (χ3n) is 9.26. The van der Waals surface area contributed by atoms with Gasteiger partial charge in [0.2, 0.25) is 11.8 Å². The highest BCUT2D eigenvalue weighted by atomic mass is 16.5. The highest BCUT2D eigenvalue weighted by molar-refractivity contribution is 5.99. The quantitative estimate of drug-likeness (QED) is 0.384. The Morgan fingerprint density at radius 3 is 2.23 bits per heavy atom. The number of carbonyl (C=O) groups is 2. The van der Waals surface area contributed by atoms with Crippen molar-refractivity contribution in [3.8, 4) is 11.5 Å². The van der Waals surface area contributed by atoms with Crippen LogP contribution in [0.2, 0.25) is 0 Å². The highest BCUT2D eigenvalue weighted by Crippen LogP contribution is 2.39. The highest BCUT2D eigenvalue weighted by Gasteiger charge is 2.55. The zero-order valence-corrected chi connectivity index (χ0v) is 23.8. The predicted octanol–water partition coefficient (Wildman–Crippen LogP) is 6.25. The average Bonchev–Trinajstić information content (AvgIpc) is 2.97. The molecule has 1 aliphatic carbocycles. The monoisotopic (exact) mass is 531 g/mol. The minimum absolute atomic E-state index is 0.168. The van der Waals surface area contributed by atoms with E-state index < -0.39 is 5.54 Å². The number of unbranched alkanes of at least 4 members (excludes halogenated alkanes) is 1. The number of carbonyl (C=O) groups excluding carboxylic acids is 2. The molecule has 2 saturated heterocycles. The van der Waals surface area contributed by atoms with Gasteiger partial charge in [-0.15, -0.1) is 0 Å². The smallest absolute Gasteiger partial charge is 0.249 e. The summed E-state index contributed by atoms with van der Waals surface area (Å²) in [5, 5.41) is 0. The van der Waals surface area contributed by atoms with Crippen LogP contribution in [0.1, 0.15) is 76.7 Å². The van der Waals surface area contributed by atoms with Crippen molar-refractivity contribution >= 4 is 11.8 Å². The van der Waals surface area contributed by atoms with E-state index >= 15 is 0 Å². The second-order valence-electron chi connectivity index (χ2n) is 11.9. The van der Waals surface area contributed by atoms with Gasteiger partial charge in [-0.2, -0.15) is 0 Å². The molecule has 210 valence electrons. The lowest BCUT2D eigenvalue weighted by molar-refractivity contribution is -0.174. The maximum atomic E-state index is 14.0. The molecule has 0 aromatic heterocycles. The zero-order chi connectivity index (χ0) is 27.2. The number of hydrogen-bond acceptors (Lipinski definition) is 4. The Morgan fingerprint density at radius 2 is 1.56 bits per heavy atom. The van der Waals surface area contributed by atoms with Gasteiger partial charge < -0.3 is 14.5 Å². The molecular weight excluding hydrogens is 486 g/mol. The molecule has 3 aliphatic rings. The minimum Gasteiger partial charge on any atom is -0.457 e.